The first-order valence-corrected chi connectivity index (χ1v) is 8.24. The molecule has 150 valence electrons. The maximum absolute atomic E-state index is 12.8. The minimum atomic E-state index is -4.56. The number of hydrogen-bond donors (Lipinski definition) is 2. The number of nitrogens with zero attached hydrogens (tertiary/aromatic N) is 1. The standard InChI is InChI=1S/C20H15F3N2O4/c21-20(22,23)15-4-2-5-16(11-15)25-19(28)14(12-24)9-13-3-1-6-17(10-13)29-8-7-18(26)27/h1-6,9-11H,7-8H2,(H,25,28)(H,26,27). The Morgan fingerprint density at radius 2 is 1.90 bits per heavy atom. The molecule has 0 spiro atoms. The van der Waals surface area contributed by atoms with E-state index >= 15 is 0 Å². The first kappa shape index (κ1) is 21.5. The number of alkyl halides is 3. The minimum absolute atomic E-state index is 0.0519. The molecule has 1 amide bonds. The van der Waals surface area contributed by atoms with Gasteiger partial charge in [0.15, 0.2) is 0 Å². The van der Waals surface area contributed by atoms with E-state index in [9.17, 15) is 28.0 Å². The number of ether oxygens (including phenoxy) is 1. The summed E-state index contributed by atoms with van der Waals surface area (Å²) in [5.74, 6) is -1.54. The maximum atomic E-state index is 12.8. The second-order valence-corrected chi connectivity index (χ2v) is 5.77. The number of halogens is 3. The highest BCUT2D eigenvalue weighted by Crippen LogP contribution is 2.30. The lowest BCUT2D eigenvalue weighted by molar-refractivity contribution is -0.138. The lowest BCUT2D eigenvalue weighted by atomic mass is 10.1. The van der Waals surface area contributed by atoms with Gasteiger partial charge in [-0.3, -0.25) is 9.59 Å². The van der Waals surface area contributed by atoms with Gasteiger partial charge in [-0.1, -0.05) is 18.2 Å². The maximum Gasteiger partial charge on any atom is 0.416 e. The zero-order valence-electron chi connectivity index (χ0n) is 14.9. The van der Waals surface area contributed by atoms with E-state index in [2.05, 4.69) is 5.32 Å². The number of benzene rings is 2. The number of anilines is 1. The molecule has 0 aromatic heterocycles. The monoisotopic (exact) mass is 404 g/mol. The van der Waals surface area contributed by atoms with Crippen molar-refractivity contribution in [2.24, 2.45) is 0 Å². The molecule has 9 heteroatoms. The summed E-state index contributed by atoms with van der Waals surface area (Å²) < 4.78 is 43.6. The molecule has 0 unspecified atom stereocenters. The van der Waals surface area contributed by atoms with Gasteiger partial charge in [0.25, 0.3) is 5.91 Å². The number of carboxylic acid groups (broad SMARTS) is 1. The average molecular weight is 404 g/mol. The Labute approximate surface area is 163 Å². The first-order valence-electron chi connectivity index (χ1n) is 8.24. The van der Waals surface area contributed by atoms with E-state index in [0.29, 0.717) is 11.3 Å². The molecule has 0 saturated heterocycles. The van der Waals surface area contributed by atoms with E-state index in [1.165, 1.54) is 18.2 Å². The van der Waals surface area contributed by atoms with Crippen LogP contribution in [0.25, 0.3) is 6.08 Å². The Bertz CT molecular complexity index is 978. The van der Waals surface area contributed by atoms with Crippen LogP contribution < -0.4 is 10.1 Å². The molecular weight excluding hydrogens is 389 g/mol. The number of rotatable bonds is 7. The van der Waals surface area contributed by atoms with Crippen LogP contribution in [0.4, 0.5) is 18.9 Å². The van der Waals surface area contributed by atoms with Gasteiger partial charge in [0.05, 0.1) is 18.6 Å². The van der Waals surface area contributed by atoms with Crippen LogP contribution in [0.2, 0.25) is 0 Å². The molecule has 0 radical (unpaired) electrons. The largest absolute Gasteiger partial charge is 0.493 e. The fourth-order valence-electron chi connectivity index (χ4n) is 2.24. The third-order valence-electron chi connectivity index (χ3n) is 3.57. The number of aliphatic carboxylic acids is 1. The number of nitrogens with one attached hydrogen (secondary N) is 1. The second-order valence-electron chi connectivity index (χ2n) is 5.77. The molecule has 0 aliphatic heterocycles. The fourth-order valence-corrected chi connectivity index (χ4v) is 2.24. The molecule has 0 fully saturated rings. The highest BCUT2D eigenvalue weighted by molar-refractivity contribution is 6.09. The molecule has 0 bridgehead atoms. The Balaban J connectivity index is 2.14. The van der Waals surface area contributed by atoms with E-state index in [4.69, 9.17) is 9.84 Å². The van der Waals surface area contributed by atoms with Crippen LogP contribution in [0.15, 0.2) is 54.1 Å². The summed E-state index contributed by atoms with van der Waals surface area (Å²) in [6, 6.07) is 12.0. The molecule has 2 rings (SSSR count). The minimum Gasteiger partial charge on any atom is -0.493 e. The van der Waals surface area contributed by atoms with Crippen LogP contribution in [-0.2, 0) is 15.8 Å². The van der Waals surface area contributed by atoms with Gasteiger partial charge in [0.2, 0.25) is 0 Å². The lowest BCUT2D eigenvalue weighted by Crippen LogP contribution is -2.14. The summed E-state index contributed by atoms with van der Waals surface area (Å²) in [5.41, 5.74) is -0.931. The summed E-state index contributed by atoms with van der Waals surface area (Å²) in [5, 5.41) is 20.1. The molecule has 0 heterocycles. The van der Waals surface area contributed by atoms with Crippen molar-refractivity contribution < 1.29 is 32.6 Å². The lowest BCUT2D eigenvalue weighted by Gasteiger charge is -2.09. The smallest absolute Gasteiger partial charge is 0.416 e. The molecule has 29 heavy (non-hydrogen) atoms. The van der Waals surface area contributed by atoms with Gasteiger partial charge in [-0.05, 0) is 42.0 Å². The normalized spacial score (nSPS) is 11.4. The molecule has 0 aliphatic rings. The van der Waals surface area contributed by atoms with E-state index in [-0.39, 0.29) is 24.3 Å². The van der Waals surface area contributed by atoms with E-state index in [1.807, 2.05) is 0 Å². The van der Waals surface area contributed by atoms with Gasteiger partial charge >= 0.3 is 12.1 Å². The predicted molar refractivity (Wildman–Crippen MR) is 97.9 cm³/mol. The quantitative estimate of drug-likeness (QED) is 0.535. The summed E-state index contributed by atoms with van der Waals surface area (Å²) >= 11 is 0. The molecule has 0 saturated carbocycles. The SMILES string of the molecule is N#CC(=Cc1cccc(OCCC(=O)O)c1)C(=O)Nc1cccc(C(F)(F)F)c1. The van der Waals surface area contributed by atoms with Crippen molar-refractivity contribution in [3.63, 3.8) is 0 Å². The van der Waals surface area contributed by atoms with Crippen molar-refractivity contribution in [1.29, 1.82) is 5.26 Å². The van der Waals surface area contributed by atoms with E-state index in [0.717, 1.165) is 18.2 Å². The van der Waals surface area contributed by atoms with E-state index in [1.54, 1.807) is 24.3 Å². The number of carboxylic acids is 1. The Morgan fingerprint density at radius 1 is 1.17 bits per heavy atom. The molecule has 2 N–H and O–H groups in total. The van der Waals surface area contributed by atoms with Crippen molar-refractivity contribution in [3.8, 4) is 11.8 Å². The Kier molecular flexibility index (Phi) is 6.98. The van der Waals surface area contributed by atoms with Crippen LogP contribution >= 0.6 is 0 Å². The van der Waals surface area contributed by atoms with E-state index < -0.39 is 23.6 Å². The van der Waals surface area contributed by atoms with Crippen molar-refractivity contribution in [2.45, 2.75) is 12.6 Å². The predicted octanol–water partition coefficient (Wildman–Crippen LogP) is 4.10. The van der Waals surface area contributed by atoms with Gasteiger partial charge in [-0.2, -0.15) is 18.4 Å². The van der Waals surface area contributed by atoms with Crippen molar-refractivity contribution in [2.75, 3.05) is 11.9 Å². The van der Waals surface area contributed by atoms with Crippen molar-refractivity contribution >= 4 is 23.6 Å². The highest BCUT2D eigenvalue weighted by Gasteiger charge is 2.30. The summed E-state index contributed by atoms with van der Waals surface area (Å²) in [6.45, 7) is -0.0519. The summed E-state index contributed by atoms with van der Waals surface area (Å²) in [4.78, 5) is 22.8. The summed E-state index contributed by atoms with van der Waals surface area (Å²) in [6.07, 6.45) is -3.51. The third kappa shape index (κ3) is 6.70. The molecule has 2 aromatic carbocycles. The summed E-state index contributed by atoms with van der Waals surface area (Å²) in [7, 11) is 0. The average Bonchev–Trinajstić information content (AvgIpc) is 2.65. The van der Waals surface area contributed by atoms with Gasteiger partial charge in [0, 0.05) is 5.69 Å². The number of carbonyl (C=O) groups is 2. The molecular formula is C20H15F3N2O4. The van der Waals surface area contributed by atoms with Crippen LogP contribution in [0.3, 0.4) is 0 Å². The first-order chi connectivity index (χ1) is 13.7. The third-order valence-corrected chi connectivity index (χ3v) is 3.57. The number of carbonyl (C=O) groups excluding carboxylic acids is 1. The number of hydrogen-bond acceptors (Lipinski definition) is 4. The number of amides is 1. The number of nitriles is 1. The zero-order valence-corrected chi connectivity index (χ0v) is 14.9. The van der Waals surface area contributed by atoms with Crippen LogP contribution in [0, 0.1) is 11.3 Å². The Hall–Kier alpha value is -3.80. The van der Waals surface area contributed by atoms with Crippen LogP contribution in [-0.4, -0.2) is 23.6 Å². The van der Waals surface area contributed by atoms with Gasteiger partial charge in [-0.15, -0.1) is 0 Å². The topological polar surface area (TPSA) is 99.4 Å². The molecule has 0 atom stereocenters. The zero-order chi connectivity index (χ0) is 21.4. The van der Waals surface area contributed by atoms with Crippen molar-refractivity contribution in [3.05, 3.63) is 65.2 Å². The highest BCUT2D eigenvalue weighted by atomic mass is 19.4. The fraction of sp³-hybridized carbons (Fsp3) is 0.150. The molecule has 0 aliphatic carbocycles. The van der Waals surface area contributed by atoms with Gasteiger partial charge < -0.3 is 15.2 Å². The van der Waals surface area contributed by atoms with Crippen molar-refractivity contribution in [1.82, 2.24) is 0 Å². The van der Waals surface area contributed by atoms with Gasteiger partial charge in [-0.25, -0.2) is 0 Å². The second kappa shape index (κ2) is 9.41. The molecule has 6 nitrogen and oxygen atoms in total. The van der Waals surface area contributed by atoms with Crippen LogP contribution in [0.1, 0.15) is 17.5 Å². The van der Waals surface area contributed by atoms with Crippen LogP contribution in [0.5, 0.6) is 5.75 Å². The van der Waals surface area contributed by atoms with Gasteiger partial charge in [0.1, 0.15) is 17.4 Å². The molecule has 2 aromatic rings. The Morgan fingerprint density at radius 3 is 2.55 bits per heavy atom.